The highest BCUT2D eigenvalue weighted by Gasteiger charge is 2.28. The van der Waals surface area contributed by atoms with E-state index in [0.29, 0.717) is 19.0 Å². The standard InChI is InChI=1S/C13H18FN3O/c14-11-3-1-2-10(8-11)9-17(12-4-5-12)7-6-13(15)16-18/h1-3,8,12,18H,4-7,9H2,(H2,15,16). The molecule has 1 aliphatic carbocycles. The molecule has 1 aliphatic rings. The molecule has 1 aromatic rings. The Morgan fingerprint density at radius 2 is 2.28 bits per heavy atom. The van der Waals surface area contributed by atoms with E-state index in [1.54, 1.807) is 12.1 Å². The van der Waals surface area contributed by atoms with Gasteiger partial charge in [0.25, 0.3) is 0 Å². The van der Waals surface area contributed by atoms with Crippen molar-refractivity contribution >= 4 is 5.84 Å². The van der Waals surface area contributed by atoms with E-state index in [4.69, 9.17) is 10.9 Å². The van der Waals surface area contributed by atoms with E-state index in [9.17, 15) is 4.39 Å². The van der Waals surface area contributed by atoms with Crippen molar-refractivity contribution in [2.45, 2.75) is 31.8 Å². The first kappa shape index (κ1) is 12.8. The quantitative estimate of drug-likeness (QED) is 0.351. The van der Waals surface area contributed by atoms with Gasteiger partial charge in [0.05, 0.1) is 0 Å². The Morgan fingerprint density at radius 1 is 1.50 bits per heavy atom. The van der Waals surface area contributed by atoms with Crippen molar-refractivity contribution < 1.29 is 9.60 Å². The topological polar surface area (TPSA) is 61.8 Å². The molecule has 18 heavy (non-hydrogen) atoms. The molecule has 0 saturated heterocycles. The molecule has 1 saturated carbocycles. The molecule has 3 N–H and O–H groups in total. The lowest BCUT2D eigenvalue weighted by Gasteiger charge is -2.21. The van der Waals surface area contributed by atoms with Crippen molar-refractivity contribution in [2.24, 2.45) is 10.9 Å². The second-order valence-corrected chi connectivity index (χ2v) is 4.67. The van der Waals surface area contributed by atoms with Crippen LogP contribution in [-0.4, -0.2) is 28.5 Å². The second-order valence-electron chi connectivity index (χ2n) is 4.67. The molecule has 0 amide bonds. The third-order valence-corrected chi connectivity index (χ3v) is 3.12. The van der Waals surface area contributed by atoms with Crippen molar-refractivity contribution in [1.29, 1.82) is 0 Å². The number of amidine groups is 1. The van der Waals surface area contributed by atoms with Crippen LogP contribution in [0.2, 0.25) is 0 Å². The van der Waals surface area contributed by atoms with Crippen molar-refractivity contribution in [2.75, 3.05) is 6.54 Å². The van der Waals surface area contributed by atoms with Gasteiger partial charge < -0.3 is 10.9 Å². The molecule has 5 heteroatoms. The van der Waals surface area contributed by atoms with Crippen molar-refractivity contribution in [3.8, 4) is 0 Å². The summed E-state index contributed by atoms with van der Waals surface area (Å²) in [5, 5.41) is 11.5. The van der Waals surface area contributed by atoms with E-state index in [1.165, 1.54) is 18.9 Å². The van der Waals surface area contributed by atoms with Crippen molar-refractivity contribution in [1.82, 2.24) is 4.90 Å². The molecule has 0 unspecified atom stereocenters. The number of nitrogens with two attached hydrogens (primary N) is 1. The van der Waals surface area contributed by atoms with Crippen LogP contribution in [0.15, 0.2) is 29.4 Å². The van der Waals surface area contributed by atoms with Crippen LogP contribution < -0.4 is 5.73 Å². The van der Waals surface area contributed by atoms with Gasteiger partial charge in [0.15, 0.2) is 0 Å². The molecule has 1 aromatic carbocycles. The second kappa shape index (κ2) is 5.82. The zero-order valence-corrected chi connectivity index (χ0v) is 10.2. The summed E-state index contributed by atoms with van der Waals surface area (Å²) in [5.41, 5.74) is 6.43. The van der Waals surface area contributed by atoms with Crippen molar-refractivity contribution in [3.63, 3.8) is 0 Å². The first-order valence-corrected chi connectivity index (χ1v) is 6.14. The molecule has 2 rings (SSSR count). The number of rotatable bonds is 6. The number of hydrogen-bond donors (Lipinski definition) is 2. The van der Waals surface area contributed by atoms with Crippen LogP contribution >= 0.6 is 0 Å². The summed E-state index contributed by atoms with van der Waals surface area (Å²) in [6.45, 7) is 1.44. The zero-order valence-electron chi connectivity index (χ0n) is 10.2. The Hall–Kier alpha value is -1.62. The molecule has 0 spiro atoms. The lowest BCUT2D eigenvalue weighted by atomic mass is 10.2. The summed E-state index contributed by atoms with van der Waals surface area (Å²) in [4.78, 5) is 2.26. The van der Waals surface area contributed by atoms with Gasteiger partial charge in [-0.25, -0.2) is 4.39 Å². The van der Waals surface area contributed by atoms with E-state index >= 15 is 0 Å². The monoisotopic (exact) mass is 251 g/mol. The van der Waals surface area contributed by atoms with Gasteiger partial charge in [-0.15, -0.1) is 0 Å². The van der Waals surface area contributed by atoms with E-state index in [-0.39, 0.29) is 11.7 Å². The smallest absolute Gasteiger partial charge is 0.140 e. The largest absolute Gasteiger partial charge is 0.409 e. The summed E-state index contributed by atoms with van der Waals surface area (Å²) in [6, 6.07) is 7.20. The third-order valence-electron chi connectivity index (χ3n) is 3.12. The summed E-state index contributed by atoms with van der Waals surface area (Å²) in [5.74, 6) is 0.0274. The fraction of sp³-hybridized carbons (Fsp3) is 0.462. The number of hydrogen-bond acceptors (Lipinski definition) is 3. The Labute approximate surface area is 106 Å². The van der Waals surface area contributed by atoms with Crippen LogP contribution in [0, 0.1) is 5.82 Å². The number of benzene rings is 1. The predicted octanol–water partition coefficient (Wildman–Crippen LogP) is 1.93. The molecule has 0 aromatic heterocycles. The van der Waals surface area contributed by atoms with Gasteiger partial charge in [0.1, 0.15) is 11.7 Å². The van der Waals surface area contributed by atoms with E-state index in [0.717, 1.165) is 12.1 Å². The third kappa shape index (κ3) is 3.70. The average Bonchev–Trinajstić information content (AvgIpc) is 3.18. The summed E-state index contributed by atoms with van der Waals surface area (Å²) < 4.78 is 13.1. The zero-order chi connectivity index (χ0) is 13.0. The van der Waals surface area contributed by atoms with Gasteiger partial charge in [0.2, 0.25) is 0 Å². The van der Waals surface area contributed by atoms with Gasteiger partial charge >= 0.3 is 0 Å². The molecular weight excluding hydrogens is 233 g/mol. The fourth-order valence-corrected chi connectivity index (χ4v) is 2.01. The van der Waals surface area contributed by atoms with Crippen LogP contribution in [0.4, 0.5) is 4.39 Å². The first-order valence-electron chi connectivity index (χ1n) is 6.14. The Balaban J connectivity index is 1.94. The van der Waals surface area contributed by atoms with Gasteiger partial charge in [0, 0.05) is 25.6 Å². The molecule has 1 fully saturated rings. The Kier molecular flexibility index (Phi) is 4.15. The molecule has 4 nitrogen and oxygen atoms in total. The van der Waals surface area contributed by atoms with Crippen LogP contribution in [0.3, 0.4) is 0 Å². The van der Waals surface area contributed by atoms with E-state index in [1.807, 2.05) is 6.07 Å². The summed E-state index contributed by atoms with van der Waals surface area (Å²) in [7, 11) is 0. The van der Waals surface area contributed by atoms with Crippen LogP contribution in [-0.2, 0) is 6.54 Å². The highest BCUT2D eigenvalue weighted by molar-refractivity contribution is 5.79. The SMILES string of the molecule is NC(CCN(Cc1cccc(F)c1)C1CC1)=NO. The van der Waals surface area contributed by atoms with Crippen LogP contribution in [0.1, 0.15) is 24.8 Å². The summed E-state index contributed by atoms with van der Waals surface area (Å²) >= 11 is 0. The Morgan fingerprint density at radius 3 is 2.89 bits per heavy atom. The van der Waals surface area contributed by atoms with E-state index in [2.05, 4.69) is 10.1 Å². The molecule has 0 heterocycles. The van der Waals surface area contributed by atoms with Gasteiger partial charge in [-0.1, -0.05) is 17.3 Å². The highest BCUT2D eigenvalue weighted by Crippen LogP contribution is 2.28. The van der Waals surface area contributed by atoms with E-state index < -0.39 is 0 Å². The van der Waals surface area contributed by atoms with Crippen LogP contribution in [0.25, 0.3) is 0 Å². The lowest BCUT2D eigenvalue weighted by molar-refractivity contribution is 0.259. The highest BCUT2D eigenvalue weighted by atomic mass is 19.1. The minimum atomic E-state index is -0.209. The maximum Gasteiger partial charge on any atom is 0.140 e. The molecule has 98 valence electrons. The molecule has 0 atom stereocenters. The van der Waals surface area contributed by atoms with Crippen LogP contribution in [0.5, 0.6) is 0 Å². The predicted molar refractivity (Wildman–Crippen MR) is 67.9 cm³/mol. The maximum absolute atomic E-state index is 13.1. The number of halogens is 1. The minimum absolute atomic E-state index is 0.209. The molecule has 0 aliphatic heterocycles. The number of oxime groups is 1. The van der Waals surface area contributed by atoms with Crippen molar-refractivity contribution in [3.05, 3.63) is 35.6 Å². The minimum Gasteiger partial charge on any atom is -0.409 e. The van der Waals surface area contributed by atoms with Gasteiger partial charge in [-0.05, 0) is 30.5 Å². The fourth-order valence-electron chi connectivity index (χ4n) is 2.01. The normalized spacial score (nSPS) is 16.2. The molecular formula is C13H18FN3O. The van der Waals surface area contributed by atoms with Gasteiger partial charge in [-0.3, -0.25) is 4.90 Å². The lowest BCUT2D eigenvalue weighted by Crippen LogP contribution is -2.29. The molecule has 0 bridgehead atoms. The number of nitrogens with zero attached hydrogens (tertiary/aromatic N) is 2. The van der Waals surface area contributed by atoms with Gasteiger partial charge in [-0.2, -0.15) is 0 Å². The maximum atomic E-state index is 13.1. The average molecular weight is 251 g/mol. The summed E-state index contributed by atoms with van der Waals surface area (Å²) in [6.07, 6.45) is 2.87. The first-order chi connectivity index (χ1) is 8.69. The molecule has 0 radical (unpaired) electrons. The Bertz CT molecular complexity index is 432.